The van der Waals surface area contributed by atoms with Crippen LogP contribution < -0.4 is 5.32 Å². The molecular weight excluding hydrogens is 414 g/mol. The van der Waals surface area contributed by atoms with Gasteiger partial charge in [-0.1, -0.05) is 40.0 Å². The molecule has 7 heteroatoms. The molecule has 3 atom stereocenters. The Morgan fingerprint density at radius 1 is 1.13 bits per heavy atom. The lowest BCUT2D eigenvalue weighted by atomic mass is 9.69. The van der Waals surface area contributed by atoms with E-state index in [4.69, 9.17) is 4.74 Å². The van der Waals surface area contributed by atoms with Crippen LogP contribution in [0, 0.1) is 23.2 Å². The quantitative estimate of drug-likeness (QED) is 0.551. The zero-order chi connectivity index (χ0) is 22.8. The Balaban J connectivity index is 1.90. The summed E-state index contributed by atoms with van der Waals surface area (Å²) in [5.74, 6) is -2.31. The number of carboxylic acids is 1. The van der Waals surface area contributed by atoms with Crippen LogP contribution in [0.4, 0.5) is 5.00 Å². The van der Waals surface area contributed by atoms with Crippen LogP contribution in [-0.4, -0.2) is 29.6 Å². The summed E-state index contributed by atoms with van der Waals surface area (Å²) in [5.41, 5.74) is 1.69. The first kappa shape index (κ1) is 23.8. The third-order valence-corrected chi connectivity index (χ3v) is 8.59. The van der Waals surface area contributed by atoms with Gasteiger partial charge in [-0.15, -0.1) is 11.3 Å². The van der Waals surface area contributed by atoms with Crippen LogP contribution in [0.2, 0.25) is 0 Å². The van der Waals surface area contributed by atoms with Gasteiger partial charge < -0.3 is 15.2 Å². The molecule has 0 aromatic carbocycles. The van der Waals surface area contributed by atoms with Gasteiger partial charge in [-0.2, -0.15) is 0 Å². The number of carboxylic acid groups (broad SMARTS) is 1. The van der Waals surface area contributed by atoms with Gasteiger partial charge in [-0.25, -0.2) is 4.79 Å². The van der Waals surface area contributed by atoms with Crippen molar-refractivity contribution >= 4 is 34.2 Å². The normalized spacial score (nSPS) is 23.7. The van der Waals surface area contributed by atoms with Crippen molar-refractivity contribution in [1.29, 1.82) is 0 Å². The highest BCUT2D eigenvalue weighted by molar-refractivity contribution is 7.17. The maximum atomic E-state index is 13.1. The molecule has 1 aromatic rings. The molecule has 0 spiro atoms. The standard InChI is InChI=1S/C24H35NO5S/c1-5-24(3,4)14-11-12-17-18(13-14)31-21(19(17)23(29)30-6-2)25-20(26)15-9-7-8-10-16(15)22(27)28/h14-16H,5-13H2,1-4H3,(H,25,26)(H,27,28)/t14-,15-,16-/m1/s1. The van der Waals surface area contributed by atoms with Crippen LogP contribution in [0.15, 0.2) is 0 Å². The van der Waals surface area contributed by atoms with E-state index in [1.165, 1.54) is 11.3 Å². The third kappa shape index (κ3) is 4.97. The first-order chi connectivity index (χ1) is 14.7. The number of hydrogen-bond acceptors (Lipinski definition) is 5. The Bertz CT molecular complexity index is 843. The second-order valence-corrected chi connectivity index (χ2v) is 10.6. The van der Waals surface area contributed by atoms with Crippen molar-refractivity contribution in [2.45, 2.75) is 79.1 Å². The molecule has 1 amide bonds. The highest BCUT2D eigenvalue weighted by Gasteiger charge is 2.38. The number of aliphatic carboxylic acids is 1. The number of carbonyl (C=O) groups excluding carboxylic acids is 2. The smallest absolute Gasteiger partial charge is 0.341 e. The van der Waals surface area contributed by atoms with E-state index in [1.807, 2.05) is 0 Å². The maximum Gasteiger partial charge on any atom is 0.341 e. The molecule has 0 unspecified atom stereocenters. The number of thiophene rings is 1. The Morgan fingerprint density at radius 3 is 2.42 bits per heavy atom. The summed E-state index contributed by atoms with van der Waals surface area (Å²) in [7, 11) is 0. The molecule has 1 heterocycles. The number of carbonyl (C=O) groups is 3. The SMILES string of the molecule is CCOC(=O)c1c(NC(=O)[C@@H]2CCCC[C@H]2C(=O)O)sc2c1CC[C@@H](C(C)(C)CC)C2. The summed E-state index contributed by atoms with van der Waals surface area (Å²) < 4.78 is 5.32. The highest BCUT2D eigenvalue weighted by Crippen LogP contribution is 2.46. The van der Waals surface area contributed by atoms with Crippen molar-refractivity contribution in [1.82, 2.24) is 0 Å². The van der Waals surface area contributed by atoms with Crippen LogP contribution in [0.3, 0.4) is 0 Å². The lowest BCUT2D eigenvalue weighted by Crippen LogP contribution is -2.36. The van der Waals surface area contributed by atoms with E-state index < -0.39 is 23.8 Å². The molecule has 0 radical (unpaired) electrons. The Morgan fingerprint density at radius 2 is 1.81 bits per heavy atom. The summed E-state index contributed by atoms with van der Waals surface area (Å²) >= 11 is 1.47. The number of anilines is 1. The molecule has 2 aliphatic carbocycles. The predicted molar refractivity (Wildman–Crippen MR) is 122 cm³/mol. The van der Waals surface area contributed by atoms with Gasteiger partial charge in [0.25, 0.3) is 0 Å². The average Bonchev–Trinajstić information content (AvgIpc) is 3.10. The Kier molecular flexibility index (Phi) is 7.45. The fraction of sp³-hybridized carbons (Fsp3) is 0.708. The minimum Gasteiger partial charge on any atom is -0.481 e. The van der Waals surface area contributed by atoms with Crippen molar-refractivity contribution in [2.24, 2.45) is 23.2 Å². The molecule has 2 N–H and O–H groups in total. The zero-order valence-electron chi connectivity index (χ0n) is 19.1. The van der Waals surface area contributed by atoms with Crippen molar-refractivity contribution in [3.63, 3.8) is 0 Å². The van der Waals surface area contributed by atoms with E-state index in [0.717, 1.165) is 49.0 Å². The van der Waals surface area contributed by atoms with E-state index in [0.29, 0.717) is 29.3 Å². The largest absolute Gasteiger partial charge is 0.481 e. The summed E-state index contributed by atoms with van der Waals surface area (Å²) in [6, 6.07) is 0. The van der Waals surface area contributed by atoms with Crippen molar-refractivity contribution in [2.75, 3.05) is 11.9 Å². The number of nitrogens with one attached hydrogen (secondary N) is 1. The van der Waals surface area contributed by atoms with E-state index in [2.05, 4.69) is 26.1 Å². The number of esters is 1. The van der Waals surface area contributed by atoms with Crippen molar-refractivity contribution in [3.05, 3.63) is 16.0 Å². The van der Waals surface area contributed by atoms with Crippen LogP contribution >= 0.6 is 11.3 Å². The number of ether oxygens (including phenoxy) is 1. The van der Waals surface area contributed by atoms with Crippen molar-refractivity contribution in [3.8, 4) is 0 Å². The van der Waals surface area contributed by atoms with E-state index in [9.17, 15) is 19.5 Å². The monoisotopic (exact) mass is 449 g/mol. The second-order valence-electron chi connectivity index (χ2n) is 9.54. The lowest BCUT2D eigenvalue weighted by molar-refractivity contribution is -0.147. The van der Waals surface area contributed by atoms with E-state index >= 15 is 0 Å². The zero-order valence-corrected chi connectivity index (χ0v) is 19.9. The molecular formula is C24H35NO5S. The fourth-order valence-corrected chi connectivity index (χ4v) is 6.31. The van der Waals surface area contributed by atoms with Gasteiger partial charge in [0.05, 0.1) is 24.0 Å². The van der Waals surface area contributed by atoms with Gasteiger partial charge in [0.1, 0.15) is 5.00 Å². The molecule has 0 bridgehead atoms. The first-order valence-electron chi connectivity index (χ1n) is 11.5. The molecule has 2 aliphatic rings. The van der Waals surface area contributed by atoms with Gasteiger partial charge in [-0.05, 0) is 55.9 Å². The molecule has 6 nitrogen and oxygen atoms in total. The summed E-state index contributed by atoms with van der Waals surface area (Å²) in [5, 5.41) is 13.0. The van der Waals surface area contributed by atoms with Gasteiger partial charge in [0, 0.05) is 4.88 Å². The molecule has 3 rings (SSSR count). The number of hydrogen-bond donors (Lipinski definition) is 2. The van der Waals surface area contributed by atoms with Crippen LogP contribution in [-0.2, 0) is 27.2 Å². The Labute approximate surface area is 188 Å². The van der Waals surface area contributed by atoms with Crippen LogP contribution in [0.1, 0.15) is 87.0 Å². The Hall–Kier alpha value is -1.89. The topological polar surface area (TPSA) is 92.7 Å². The van der Waals surface area contributed by atoms with Crippen molar-refractivity contribution < 1.29 is 24.2 Å². The molecule has 0 saturated heterocycles. The van der Waals surface area contributed by atoms with Gasteiger partial charge in [0.2, 0.25) is 5.91 Å². The number of rotatable bonds is 7. The number of amides is 1. The first-order valence-corrected chi connectivity index (χ1v) is 12.4. The minimum absolute atomic E-state index is 0.214. The molecule has 0 aliphatic heterocycles. The third-order valence-electron chi connectivity index (χ3n) is 7.42. The highest BCUT2D eigenvalue weighted by atomic mass is 32.1. The van der Waals surface area contributed by atoms with Crippen LogP contribution in [0.5, 0.6) is 0 Å². The molecule has 1 fully saturated rings. The molecule has 1 aromatic heterocycles. The van der Waals surface area contributed by atoms with E-state index in [1.54, 1.807) is 6.92 Å². The summed E-state index contributed by atoms with van der Waals surface area (Å²) in [6.45, 7) is 8.84. The maximum absolute atomic E-state index is 13.1. The summed E-state index contributed by atoms with van der Waals surface area (Å²) in [4.78, 5) is 38.7. The minimum atomic E-state index is -0.916. The second kappa shape index (κ2) is 9.72. The van der Waals surface area contributed by atoms with Crippen LogP contribution in [0.25, 0.3) is 0 Å². The molecule has 31 heavy (non-hydrogen) atoms. The average molecular weight is 450 g/mol. The summed E-state index contributed by atoms with van der Waals surface area (Å²) in [6.07, 6.45) is 6.55. The lowest BCUT2D eigenvalue weighted by Gasteiger charge is -2.36. The van der Waals surface area contributed by atoms with Gasteiger partial charge >= 0.3 is 11.9 Å². The molecule has 172 valence electrons. The fourth-order valence-electron chi connectivity index (χ4n) is 4.99. The van der Waals surface area contributed by atoms with Gasteiger partial charge in [0.15, 0.2) is 0 Å². The molecule has 1 saturated carbocycles. The number of fused-ring (bicyclic) bond motifs is 1. The van der Waals surface area contributed by atoms with E-state index in [-0.39, 0.29) is 17.9 Å². The van der Waals surface area contributed by atoms with Gasteiger partial charge in [-0.3, -0.25) is 9.59 Å². The predicted octanol–water partition coefficient (Wildman–Crippen LogP) is 5.30.